The third kappa shape index (κ3) is 6.60. The standard InChI is InChI=1S/C16H20F4N2O3/c17-15(18)16(19,20)10-25-8-11-2-1-3-12(6-11)22-14(23)7-13-9-24-5-4-21-13/h1-3,6,13,15,21H,4-5,7-10H2,(H,22,23). The first-order valence-electron chi connectivity index (χ1n) is 7.80. The predicted octanol–water partition coefficient (Wildman–Crippen LogP) is 2.42. The molecule has 9 heteroatoms. The van der Waals surface area contributed by atoms with Gasteiger partial charge in [0.15, 0.2) is 0 Å². The van der Waals surface area contributed by atoms with Gasteiger partial charge in [0.2, 0.25) is 5.91 Å². The summed E-state index contributed by atoms with van der Waals surface area (Å²) in [6.07, 6.45) is -3.53. The predicted molar refractivity (Wildman–Crippen MR) is 82.9 cm³/mol. The van der Waals surface area contributed by atoms with Crippen LogP contribution in [0.5, 0.6) is 0 Å². The van der Waals surface area contributed by atoms with E-state index < -0.39 is 19.0 Å². The zero-order valence-electron chi connectivity index (χ0n) is 13.4. The number of rotatable bonds is 8. The Bertz CT molecular complexity index is 566. The summed E-state index contributed by atoms with van der Waals surface area (Å²) in [7, 11) is 0. The molecule has 1 atom stereocenters. The fourth-order valence-corrected chi connectivity index (χ4v) is 2.29. The van der Waals surface area contributed by atoms with Gasteiger partial charge >= 0.3 is 12.3 Å². The van der Waals surface area contributed by atoms with Crippen molar-refractivity contribution in [3.63, 3.8) is 0 Å². The van der Waals surface area contributed by atoms with E-state index in [4.69, 9.17) is 4.74 Å². The second kappa shape index (κ2) is 9.12. The molecule has 1 aromatic rings. The van der Waals surface area contributed by atoms with Crippen molar-refractivity contribution < 1.29 is 31.8 Å². The summed E-state index contributed by atoms with van der Waals surface area (Å²) in [5.41, 5.74) is 0.963. The van der Waals surface area contributed by atoms with Crippen molar-refractivity contribution >= 4 is 11.6 Å². The van der Waals surface area contributed by atoms with Crippen molar-refractivity contribution in [2.75, 3.05) is 31.7 Å². The van der Waals surface area contributed by atoms with Gasteiger partial charge in [0.1, 0.15) is 6.61 Å². The number of anilines is 1. The number of nitrogens with one attached hydrogen (secondary N) is 2. The van der Waals surface area contributed by atoms with Gasteiger partial charge in [0, 0.05) is 24.7 Å². The average Bonchev–Trinajstić information content (AvgIpc) is 2.55. The second-order valence-electron chi connectivity index (χ2n) is 5.73. The summed E-state index contributed by atoms with van der Waals surface area (Å²) < 4.78 is 59.6. The van der Waals surface area contributed by atoms with Gasteiger partial charge in [-0.2, -0.15) is 8.78 Å². The van der Waals surface area contributed by atoms with Gasteiger partial charge in [-0.1, -0.05) is 12.1 Å². The molecule has 1 aliphatic rings. The van der Waals surface area contributed by atoms with Crippen LogP contribution in [0.4, 0.5) is 23.2 Å². The summed E-state index contributed by atoms with van der Waals surface area (Å²) in [6.45, 7) is 0.136. The molecule has 1 fully saturated rings. The average molecular weight is 364 g/mol. The molecule has 0 bridgehead atoms. The number of carbonyl (C=O) groups excluding carboxylic acids is 1. The fraction of sp³-hybridized carbons (Fsp3) is 0.562. The largest absolute Gasteiger partial charge is 0.378 e. The van der Waals surface area contributed by atoms with Crippen molar-refractivity contribution in [3.8, 4) is 0 Å². The second-order valence-corrected chi connectivity index (χ2v) is 5.73. The van der Waals surface area contributed by atoms with Gasteiger partial charge in [0.25, 0.3) is 0 Å². The lowest BCUT2D eigenvalue weighted by Gasteiger charge is -2.23. The first kappa shape index (κ1) is 19.6. The van der Waals surface area contributed by atoms with Crippen LogP contribution in [-0.2, 0) is 20.9 Å². The summed E-state index contributed by atoms with van der Waals surface area (Å²) >= 11 is 0. The Balaban J connectivity index is 1.80. The molecule has 1 amide bonds. The van der Waals surface area contributed by atoms with E-state index in [1.54, 1.807) is 24.3 Å². The van der Waals surface area contributed by atoms with E-state index in [0.29, 0.717) is 31.0 Å². The van der Waals surface area contributed by atoms with Crippen molar-refractivity contribution in [2.45, 2.75) is 31.4 Å². The van der Waals surface area contributed by atoms with E-state index >= 15 is 0 Å². The number of amides is 1. The zero-order valence-corrected chi connectivity index (χ0v) is 13.4. The highest BCUT2D eigenvalue weighted by Gasteiger charge is 2.40. The van der Waals surface area contributed by atoms with Crippen molar-refractivity contribution in [2.24, 2.45) is 0 Å². The van der Waals surface area contributed by atoms with E-state index in [-0.39, 0.29) is 25.0 Å². The number of hydrogen-bond acceptors (Lipinski definition) is 4. The van der Waals surface area contributed by atoms with Crippen LogP contribution in [0.15, 0.2) is 24.3 Å². The maximum Gasteiger partial charge on any atom is 0.330 e. The molecule has 1 saturated heterocycles. The Hall–Kier alpha value is -1.71. The minimum Gasteiger partial charge on any atom is -0.378 e. The molecule has 0 radical (unpaired) electrons. The molecular weight excluding hydrogens is 344 g/mol. The van der Waals surface area contributed by atoms with Gasteiger partial charge in [-0.15, -0.1) is 0 Å². The van der Waals surface area contributed by atoms with Crippen LogP contribution < -0.4 is 10.6 Å². The van der Waals surface area contributed by atoms with Crippen LogP contribution in [0.25, 0.3) is 0 Å². The normalized spacial score (nSPS) is 18.4. The van der Waals surface area contributed by atoms with Crippen LogP contribution in [0, 0.1) is 0 Å². The van der Waals surface area contributed by atoms with Gasteiger partial charge in [-0.25, -0.2) is 8.78 Å². The van der Waals surface area contributed by atoms with Gasteiger partial charge in [-0.05, 0) is 17.7 Å². The molecule has 5 nitrogen and oxygen atoms in total. The lowest BCUT2D eigenvalue weighted by molar-refractivity contribution is -0.168. The third-order valence-electron chi connectivity index (χ3n) is 3.52. The molecule has 0 spiro atoms. The zero-order chi connectivity index (χ0) is 18.3. The van der Waals surface area contributed by atoms with E-state index in [1.165, 1.54) is 0 Å². The van der Waals surface area contributed by atoms with Crippen LogP contribution in [0.1, 0.15) is 12.0 Å². The van der Waals surface area contributed by atoms with Crippen molar-refractivity contribution in [3.05, 3.63) is 29.8 Å². The van der Waals surface area contributed by atoms with Crippen LogP contribution in [-0.4, -0.2) is 50.7 Å². The van der Waals surface area contributed by atoms with E-state index in [1.807, 2.05) is 0 Å². The Kier molecular flexibility index (Phi) is 7.15. The number of carbonyl (C=O) groups is 1. The van der Waals surface area contributed by atoms with E-state index in [2.05, 4.69) is 15.4 Å². The minimum absolute atomic E-state index is 0.0585. The van der Waals surface area contributed by atoms with E-state index in [9.17, 15) is 22.4 Å². The van der Waals surface area contributed by atoms with Gasteiger partial charge < -0.3 is 20.1 Å². The molecule has 0 aliphatic carbocycles. The smallest absolute Gasteiger partial charge is 0.330 e. The molecule has 0 saturated carbocycles. The first-order valence-corrected chi connectivity index (χ1v) is 7.80. The highest BCUT2D eigenvalue weighted by molar-refractivity contribution is 5.91. The molecule has 1 aromatic carbocycles. The topological polar surface area (TPSA) is 59.6 Å². The SMILES string of the molecule is O=C(CC1COCCN1)Nc1cccc(COCC(F)(F)C(F)F)c1. The molecule has 25 heavy (non-hydrogen) atoms. The Labute approximate surface area is 142 Å². The highest BCUT2D eigenvalue weighted by Crippen LogP contribution is 2.23. The Morgan fingerprint density at radius 1 is 1.44 bits per heavy atom. The summed E-state index contributed by atoms with van der Waals surface area (Å²) in [6, 6.07) is 6.33. The molecule has 0 aromatic heterocycles. The monoisotopic (exact) mass is 364 g/mol. The number of ether oxygens (including phenoxy) is 2. The number of benzene rings is 1. The molecule has 140 valence electrons. The lowest BCUT2D eigenvalue weighted by atomic mass is 10.1. The summed E-state index contributed by atoms with van der Waals surface area (Å²) in [5, 5.41) is 5.86. The van der Waals surface area contributed by atoms with Crippen LogP contribution in [0.2, 0.25) is 0 Å². The summed E-state index contributed by atoms with van der Waals surface area (Å²) in [4.78, 5) is 12.0. The lowest BCUT2D eigenvalue weighted by Crippen LogP contribution is -2.43. The molecule has 1 unspecified atom stereocenters. The molecule has 1 aliphatic heterocycles. The highest BCUT2D eigenvalue weighted by atomic mass is 19.3. The van der Waals surface area contributed by atoms with Crippen molar-refractivity contribution in [1.82, 2.24) is 5.32 Å². The van der Waals surface area contributed by atoms with E-state index in [0.717, 1.165) is 0 Å². The number of morpholine rings is 1. The Morgan fingerprint density at radius 3 is 2.92 bits per heavy atom. The molecule has 1 heterocycles. The number of alkyl halides is 4. The molecular formula is C16H20F4N2O3. The summed E-state index contributed by atoms with van der Waals surface area (Å²) in [5.74, 6) is -4.40. The number of halogens is 4. The quantitative estimate of drug-likeness (QED) is 0.696. The minimum atomic E-state index is -4.18. The van der Waals surface area contributed by atoms with Crippen molar-refractivity contribution in [1.29, 1.82) is 0 Å². The molecule has 2 rings (SSSR count). The first-order chi connectivity index (χ1) is 11.9. The maximum absolute atomic E-state index is 12.8. The maximum atomic E-state index is 12.8. The van der Waals surface area contributed by atoms with Crippen LogP contribution >= 0.6 is 0 Å². The molecule has 2 N–H and O–H groups in total. The fourth-order valence-electron chi connectivity index (χ4n) is 2.29. The van der Waals surface area contributed by atoms with Crippen LogP contribution in [0.3, 0.4) is 0 Å². The number of hydrogen-bond donors (Lipinski definition) is 2. The van der Waals surface area contributed by atoms with Gasteiger partial charge in [0.05, 0.1) is 19.8 Å². The Morgan fingerprint density at radius 2 is 2.24 bits per heavy atom. The third-order valence-corrected chi connectivity index (χ3v) is 3.52. The van der Waals surface area contributed by atoms with Gasteiger partial charge in [-0.3, -0.25) is 4.79 Å².